The molecule has 0 spiro atoms. The Hall–Kier alpha value is -1.98. The Morgan fingerprint density at radius 2 is 2.19 bits per heavy atom. The zero-order chi connectivity index (χ0) is 22.7. The van der Waals surface area contributed by atoms with Gasteiger partial charge in [-0.05, 0) is 33.1 Å². The molecule has 3 rings (SSSR count). The van der Waals surface area contributed by atoms with Crippen LogP contribution in [0.1, 0.15) is 40.3 Å². The minimum absolute atomic E-state index is 0.155. The van der Waals surface area contributed by atoms with Crippen LogP contribution in [0, 0.1) is 5.92 Å². The van der Waals surface area contributed by atoms with Gasteiger partial charge in [0.2, 0.25) is 17.8 Å². The Balaban J connectivity index is 1.59. The minimum Gasteiger partial charge on any atom is -0.462 e. The van der Waals surface area contributed by atoms with E-state index in [0.717, 1.165) is 6.42 Å². The van der Waals surface area contributed by atoms with Crippen molar-refractivity contribution >= 4 is 47.8 Å². The highest BCUT2D eigenvalue weighted by atomic mass is 32.4. The molecule has 5 atom stereocenters. The molecule has 1 saturated heterocycles. The summed E-state index contributed by atoms with van der Waals surface area (Å²) in [6.07, 6.45) is 1.86. The number of carbonyl (C=O) groups is 1. The highest BCUT2D eigenvalue weighted by molar-refractivity contribution is 8.02. The Morgan fingerprint density at radius 1 is 1.45 bits per heavy atom. The molecule has 0 aromatic carbocycles. The molecule has 1 fully saturated rings. The first-order chi connectivity index (χ1) is 14.7. The lowest BCUT2D eigenvalue weighted by molar-refractivity contribution is -0.148. The molecule has 2 aromatic rings. The summed E-state index contributed by atoms with van der Waals surface area (Å²) in [6, 6.07) is -0.537. The maximum atomic E-state index is 11.9. The summed E-state index contributed by atoms with van der Waals surface area (Å²) in [5.41, 5.74) is 7.08. The summed E-state index contributed by atoms with van der Waals surface area (Å²) in [6.45, 7) is 7.72. The van der Waals surface area contributed by atoms with Crippen molar-refractivity contribution in [2.75, 3.05) is 24.7 Å². The lowest BCUT2D eigenvalue weighted by Gasteiger charge is -2.15. The van der Waals surface area contributed by atoms with Crippen molar-refractivity contribution in [1.82, 2.24) is 24.6 Å². The number of nitrogen functional groups attached to an aromatic ring is 1. The van der Waals surface area contributed by atoms with Crippen LogP contribution in [-0.2, 0) is 30.6 Å². The van der Waals surface area contributed by atoms with Gasteiger partial charge < -0.3 is 20.5 Å². The number of carbonyl (C=O) groups excluding carboxylic acids is 1. The normalized spacial score (nSPS) is 22.6. The van der Waals surface area contributed by atoms with E-state index in [9.17, 15) is 4.79 Å². The molecule has 2 aromatic heterocycles. The first-order valence-electron chi connectivity index (χ1n) is 10.1. The quantitative estimate of drug-likeness (QED) is 0.367. The number of aromatic nitrogens is 4. The predicted octanol–water partition coefficient (Wildman–Crippen LogP) is 2.09. The number of hydrogen-bond acceptors (Lipinski definition) is 10. The molecule has 1 aliphatic rings. The lowest BCUT2D eigenvalue weighted by Crippen LogP contribution is -2.33. The van der Waals surface area contributed by atoms with Crippen LogP contribution in [0.15, 0.2) is 6.33 Å². The number of hydrogen-bond donors (Lipinski definition) is 3. The number of nitrogens with zero attached hydrogens (tertiary/aromatic N) is 4. The van der Waals surface area contributed by atoms with E-state index in [1.807, 2.05) is 4.57 Å². The van der Waals surface area contributed by atoms with Crippen molar-refractivity contribution in [2.24, 2.45) is 5.92 Å². The van der Waals surface area contributed by atoms with Gasteiger partial charge in [-0.15, -0.1) is 4.52 Å². The fourth-order valence-electron chi connectivity index (χ4n) is 3.29. The first kappa shape index (κ1) is 23.7. The number of fused-ring (bicyclic) bond motifs is 1. The summed E-state index contributed by atoms with van der Waals surface area (Å²) in [4.78, 5) is 24.8. The summed E-state index contributed by atoms with van der Waals surface area (Å²) in [5, 5.41) is 5.96. The van der Waals surface area contributed by atoms with Crippen molar-refractivity contribution in [3.05, 3.63) is 6.33 Å². The largest absolute Gasteiger partial charge is 0.462 e. The average Bonchev–Trinajstić information content (AvgIpc) is 3.28. The second kappa shape index (κ2) is 10.1. The molecule has 0 aliphatic carbocycles. The molecule has 0 radical (unpaired) electrons. The standard InChI is InChI=1S/C18H29N7O4PS/c1-9(2)28-17(26)11(4)24-30(31)27-7-12-10(3)6-13(29-12)25-8-21-14-15(20-5)22-18(19)23-16(14)25/h8-13H,6-7H2,1-5H3,(H,24,31)(H3,19,20,22,23)/q+1/t10?,11-,12-,13-/m1/s1. The number of esters is 1. The van der Waals surface area contributed by atoms with Crippen LogP contribution in [0.4, 0.5) is 11.8 Å². The smallest absolute Gasteiger partial charge is 0.440 e. The van der Waals surface area contributed by atoms with E-state index in [2.05, 4.69) is 32.3 Å². The molecular weight excluding hydrogens is 441 g/mol. The van der Waals surface area contributed by atoms with Gasteiger partial charge in [0.25, 0.3) is 0 Å². The SMILES string of the molecule is CNc1nc(N)nc2c1ncn2[C@H]1CC(C)[C@@H](CO[P+](=S)N[C@H](C)C(=O)OC(C)C)O1. The lowest BCUT2D eigenvalue weighted by atomic mass is 10.0. The number of nitrogens with two attached hydrogens (primary N) is 1. The molecule has 31 heavy (non-hydrogen) atoms. The molecule has 11 nitrogen and oxygen atoms in total. The van der Waals surface area contributed by atoms with Gasteiger partial charge in [-0.3, -0.25) is 9.36 Å². The van der Waals surface area contributed by atoms with Gasteiger partial charge in [0.15, 0.2) is 17.0 Å². The van der Waals surface area contributed by atoms with Crippen molar-refractivity contribution in [3.63, 3.8) is 0 Å². The third-order valence-corrected chi connectivity index (χ3v) is 6.50. The van der Waals surface area contributed by atoms with Gasteiger partial charge in [0, 0.05) is 7.05 Å². The van der Waals surface area contributed by atoms with E-state index in [-0.39, 0.29) is 36.3 Å². The number of anilines is 2. The van der Waals surface area contributed by atoms with Crippen molar-refractivity contribution in [3.8, 4) is 0 Å². The Kier molecular flexibility index (Phi) is 7.71. The zero-order valence-corrected chi connectivity index (χ0v) is 19.9. The zero-order valence-electron chi connectivity index (χ0n) is 18.2. The van der Waals surface area contributed by atoms with Crippen LogP contribution in [0.3, 0.4) is 0 Å². The van der Waals surface area contributed by atoms with E-state index >= 15 is 0 Å². The second-order valence-electron chi connectivity index (χ2n) is 7.74. The summed E-state index contributed by atoms with van der Waals surface area (Å²) >= 11 is 5.35. The van der Waals surface area contributed by atoms with Gasteiger partial charge >= 0.3 is 13.0 Å². The molecule has 3 heterocycles. The number of imidazole rings is 1. The van der Waals surface area contributed by atoms with E-state index in [4.69, 9.17) is 31.5 Å². The van der Waals surface area contributed by atoms with Crippen LogP contribution >= 0.6 is 7.07 Å². The second-order valence-corrected chi connectivity index (χ2v) is 9.76. The molecule has 170 valence electrons. The number of nitrogens with one attached hydrogen (secondary N) is 2. The van der Waals surface area contributed by atoms with Gasteiger partial charge in [0.1, 0.15) is 18.9 Å². The Labute approximate surface area is 187 Å². The topological polar surface area (TPSA) is 138 Å². The third kappa shape index (κ3) is 5.64. The van der Waals surface area contributed by atoms with Gasteiger partial charge in [-0.1, -0.05) is 12.0 Å². The van der Waals surface area contributed by atoms with Gasteiger partial charge in [-0.2, -0.15) is 9.97 Å². The van der Waals surface area contributed by atoms with Gasteiger partial charge in [0.05, 0.1) is 18.5 Å². The van der Waals surface area contributed by atoms with E-state index in [1.165, 1.54) is 0 Å². The molecule has 13 heteroatoms. The molecule has 0 saturated carbocycles. The molecule has 0 amide bonds. The van der Waals surface area contributed by atoms with E-state index < -0.39 is 13.1 Å². The average molecular weight is 471 g/mol. The van der Waals surface area contributed by atoms with Crippen molar-refractivity contribution < 1.29 is 18.8 Å². The maximum absolute atomic E-state index is 11.9. The first-order valence-corrected chi connectivity index (χ1v) is 12.4. The molecule has 2 unspecified atom stereocenters. The maximum Gasteiger partial charge on any atom is 0.440 e. The summed E-state index contributed by atoms with van der Waals surface area (Å²) in [5.74, 6) is 0.611. The van der Waals surface area contributed by atoms with E-state index in [0.29, 0.717) is 23.6 Å². The van der Waals surface area contributed by atoms with Crippen LogP contribution in [0.25, 0.3) is 11.2 Å². The number of rotatable bonds is 9. The minimum atomic E-state index is -1.42. The van der Waals surface area contributed by atoms with E-state index in [1.54, 1.807) is 34.1 Å². The van der Waals surface area contributed by atoms with Crippen LogP contribution in [0.2, 0.25) is 0 Å². The fourth-order valence-corrected chi connectivity index (χ4v) is 4.72. The number of ether oxygens (including phenoxy) is 2. The monoisotopic (exact) mass is 470 g/mol. The van der Waals surface area contributed by atoms with Crippen molar-refractivity contribution in [2.45, 2.75) is 58.6 Å². The third-order valence-electron chi connectivity index (χ3n) is 4.89. The highest BCUT2D eigenvalue weighted by Crippen LogP contribution is 2.36. The molecule has 0 bridgehead atoms. The Morgan fingerprint density at radius 3 is 2.87 bits per heavy atom. The van der Waals surface area contributed by atoms with Crippen molar-refractivity contribution in [1.29, 1.82) is 0 Å². The highest BCUT2D eigenvalue weighted by Gasteiger charge is 2.36. The summed E-state index contributed by atoms with van der Waals surface area (Å²) < 4.78 is 19.0. The predicted molar refractivity (Wildman–Crippen MR) is 121 cm³/mol. The Bertz CT molecular complexity index is 956. The van der Waals surface area contributed by atoms with Crippen LogP contribution in [-0.4, -0.2) is 57.4 Å². The molecular formula is C18H29N7O4PS+. The summed E-state index contributed by atoms with van der Waals surface area (Å²) in [7, 11) is 0.333. The molecule has 4 N–H and O–H groups in total. The fraction of sp³-hybridized carbons (Fsp3) is 0.667. The van der Waals surface area contributed by atoms with Gasteiger partial charge in [-0.25, -0.2) is 4.98 Å². The van der Waals surface area contributed by atoms with Crippen LogP contribution in [0.5, 0.6) is 0 Å². The molecule has 1 aliphatic heterocycles. The van der Waals surface area contributed by atoms with Crippen LogP contribution < -0.4 is 16.1 Å².